The van der Waals surface area contributed by atoms with Crippen LogP contribution in [0.5, 0.6) is 11.5 Å². The van der Waals surface area contributed by atoms with Gasteiger partial charge in [0.15, 0.2) is 0 Å². The standard InChI is InChI=1S/C7H6BrNO3.C6H4BrNO3.CH3I.CH2O3.2K.H/c1-12-7-5(8)3-2-4-6(7)9(10)11;7-4-2-1-3-5(6(4)9)8(10)11;1-2;2-1-4-3;;;/h2-4H,1H3;1-3,9H;1H3;1,3H;;;/q;;;;2*+1;-1/p-1. The van der Waals surface area contributed by atoms with E-state index in [9.17, 15) is 20.2 Å². The van der Waals surface area contributed by atoms with Gasteiger partial charge in [0, 0.05) is 12.1 Å². The minimum absolute atomic E-state index is 0. The molecule has 16 heteroatoms. The number of carbonyl (C=O) groups is 1. The smallest absolute Gasteiger partial charge is 1.00 e. The van der Waals surface area contributed by atoms with Crippen molar-refractivity contribution in [3.63, 3.8) is 0 Å². The fraction of sp³-hybridized carbons (Fsp3) is 0.133. The van der Waals surface area contributed by atoms with Gasteiger partial charge in [-0.25, -0.2) is 0 Å². The van der Waals surface area contributed by atoms with Crippen LogP contribution in [0.25, 0.3) is 0 Å². The Hall–Kier alpha value is 1.23. The number of ether oxygens (including phenoxy) is 1. The maximum atomic E-state index is 10.4. The van der Waals surface area contributed by atoms with Crippen LogP contribution in [0.1, 0.15) is 1.43 Å². The minimum Gasteiger partial charge on any atom is -1.00 e. The number of alkyl halides is 1. The number of aromatic hydroxyl groups is 1. The molecule has 2 aromatic rings. The zero-order chi connectivity index (χ0) is 23.0. The third kappa shape index (κ3) is 16.5. The average Bonchev–Trinajstić information content (AvgIpc) is 2.71. The first-order chi connectivity index (χ1) is 13.7. The van der Waals surface area contributed by atoms with Crippen molar-refractivity contribution < 1.29 is 139 Å². The van der Waals surface area contributed by atoms with Gasteiger partial charge in [-0.3, -0.25) is 25.0 Å². The topological polar surface area (TPSA) is 165 Å². The molecule has 0 saturated carbocycles. The van der Waals surface area contributed by atoms with Gasteiger partial charge in [-0.2, -0.15) is 0 Å². The molecule has 1 N–H and O–H groups in total. The van der Waals surface area contributed by atoms with E-state index in [0.29, 0.717) is 8.95 Å². The number of benzene rings is 2. The Labute approximate surface area is 294 Å². The summed E-state index contributed by atoms with van der Waals surface area (Å²) >= 11 is 8.26. The van der Waals surface area contributed by atoms with E-state index in [-0.39, 0.29) is 134 Å². The number of methoxy groups -OCH3 is 1. The van der Waals surface area contributed by atoms with E-state index in [2.05, 4.69) is 59.3 Å². The van der Waals surface area contributed by atoms with Crippen LogP contribution >= 0.6 is 54.5 Å². The Morgan fingerprint density at radius 2 is 1.39 bits per heavy atom. The summed E-state index contributed by atoms with van der Waals surface area (Å²) in [5, 5.41) is 38.1. The predicted molar refractivity (Wildman–Crippen MR) is 118 cm³/mol. The van der Waals surface area contributed by atoms with Gasteiger partial charge in [-0.05, 0) is 48.9 Å². The summed E-state index contributed by atoms with van der Waals surface area (Å²) in [5.41, 5.74) is -0.328. The van der Waals surface area contributed by atoms with Gasteiger partial charge in [0.1, 0.15) is 0 Å². The van der Waals surface area contributed by atoms with Crippen molar-refractivity contribution in [1.82, 2.24) is 0 Å². The molecule has 0 fully saturated rings. The van der Waals surface area contributed by atoms with Crippen LogP contribution in [0.15, 0.2) is 45.3 Å². The SMILES string of the molecule is CI.COc1c(Br)cccc1[N+](=O)[O-].O=CO[O-].O=[N+]([O-])c1cccc(Br)c1O.[H-].[K+].[K+]. The summed E-state index contributed by atoms with van der Waals surface area (Å²) in [4.78, 5) is 32.7. The third-order valence-corrected chi connectivity index (χ3v) is 3.81. The number of halogens is 3. The van der Waals surface area contributed by atoms with Gasteiger partial charge < -0.3 is 21.4 Å². The van der Waals surface area contributed by atoms with E-state index in [4.69, 9.17) is 19.9 Å². The second-order valence-electron chi connectivity index (χ2n) is 4.11. The first-order valence-corrected chi connectivity index (χ1v) is 10.6. The van der Waals surface area contributed by atoms with Crippen LogP contribution in [0.3, 0.4) is 0 Å². The van der Waals surface area contributed by atoms with E-state index in [1.807, 2.05) is 4.93 Å². The van der Waals surface area contributed by atoms with Crippen molar-refractivity contribution in [2.24, 2.45) is 0 Å². The van der Waals surface area contributed by atoms with E-state index in [1.54, 1.807) is 12.1 Å². The van der Waals surface area contributed by atoms with Crippen molar-refractivity contribution in [1.29, 1.82) is 0 Å². The Kier molecular flexibility index (Phi) is 31.0. The number of rotatable bonds is 4. The van der Waals surface area contributed by atoms with Gasteiger partial charge in [-0.1, -0.05) is 34.7 Å². The van der Waals surface area contributed by atoms with E-state index in [0.717, 1.165) is 0 Å². The zero-order valence-electron chi connectivity index (χ0n) is 17.8. The molecular weight excluding hydrogens is 717 g/mol. The van der Waals surface area contributed by atoms with Crippen LogP contribution in [-0.4, -0.2) is 33.5 Å². The molecule has 2 rings (SSSR count). The number of carbonyl (C=O) groups excluding carboxylic acids is 1. The van der Waals surface area contributed by atoms with Gasteiger partial charge in [0.25, 0.3) is 6.47 Å². The Morgan fingerprint density at radius 1 is 1.00 bits per heavy atom. The predicted octanol–water partition coefficient (Wildman–Crippen LogP) is -1.96. The third-order valence-electron chi connectivity index (χ3n) is 2.55. The molecule has 0 spiro atoms. The summed E-state index contributed by atoms with van der Waals surface area (Å²) < 4.78 is 5.76. The number of nitro groups is 2. The van der Waals surface area contributed by atoms with Crippen molar-refractivity contribution in [2.45, 2.75) is 0 Å². The van der Waals surface area contributed by atoms with Crippen LogP contribution < -0.4 is 113 Å². The molecule has 0 amide bonds. The summed E-state index contributed by atoms with van der Waals surface area (Å²) in [6.45, 7) is -0.181. The maximum Gasteiger partial charge on any atom is 1.00 e. The molecule has 0 aromatic heterocycles. The molecule has 0 aliphatic heterocycles. The number of para-hydroxylation sites is 2. The summed E-state index contributed by atoms with van der Waals surface area (Å²) in [6.07, 6.45) is 0. The number of nitrogens with zero attached hydrogens (tertiary/aromatic N) is 2. The molecule has 162 valence electrons. The van der Waals surface area contributed by atoms with Gasteiger partial charge in [-0.15, -0.1) is 0 Å². The zero-order valence-corrected chi connectivity index (χ0v) is 28.4. The molecule has 0 aliphatic rings. The van der Waals surface area contributed by atoms with E-state index in [1.165, 1.54) is 31.4 Å². The quantitative estimate of drug-likeness (QED) is 0.0715. The Bertz CT molecular complexity index is 826. The minimum atomic E-state index is -0.639. The summed E-state index contributed by atoms with van der Waals surface area (Å²) in [5.74, 6) is -0.0833. The molecule has 31 heavy (non-hydrogen) atoms. The molecule has 0 saturated heterocycles. The molecular formula is C15H15Br2IK2N2O9. The first kappa shape index (κ1) is 39.4. The molecule has 0 atom stereocenters. The Balaban J connectivity index is -0.000000114. The second kappa shape index (κ2) is 24.4. The van der Waals surface area contributed by atoms with Crippen molar-refractivity contribution in [2.75, 3.05) is 12.0 Å². The Morgan fingerprint density at radius 3 is 1.68 bits per heavy atom. The summed E-state index contributed by atoms with van der Waals surface area (Å²) in [6, 6.07) is 8.92. The number of phenols is 1. The molecule has 2 aromatic carbocycles. The molecule has 0 unspecified atom stereocenters. The monoisotopic (exact) mass is 730 g/mol. The number of phenolic OH excluding ortho intramolecular Hbond substituents is 1. The molecule has 0 radical (unpaired) electrons. The van der Waals surface area contributed by atoms with Crippen LogP contribution in [0.2, 0.25) is 0 Å². The van der Waals surface area contributed by atoms with E-state index < -0.39 is 9.85 Å². The van der Waals surface area contributed by atoms with Gasteiger partial charge >= 0.3 is 114 Å². The van der Waals surface area contributed by atoms with Gasteiger partial charge in [0.05, 0.1) is 25.9 Å². The normalized spacial score (nSPS) is 7.94. The van der Waals surface area contributed by atoms with Crippen LogP contribution in [0, 0.1) is 20.2 Å². The second-order valence-corrected chi connectivity index (χ2v) is 5.82. The largest absolute Gasteiger partial charge is 1.00 e. The number of hydrogen-bond acceptors (Lipinski definition) is 9. The van der Waals surface area contributed by atoms with Crippen molar-refractivity contribution in [3.8, 4) is 11.5 Å². The average molecular weight is 732 g/mol. The molecule has 11 nitrogen and oxygen atoms in total. The van der Waals surface area contributed by atoms with Crippen molar-refractivity contribution in [3.05, 3.63) is 65.6 Å². The maximum absolute atomic E-state index is 10.4. The summed E-state index contributed by atoms with van der Waals surface area (Å²) in [7, 11) is 1.40. The molecule has 0 bridgehead atoms. The number of hydrogen-bond donors (Lipinski definition) is 1. The van der Waals surface area contributed by atoms with E-state index >= 15 is 0 Å². The van der Waals surface area contributed by atoms with Crippen molar-refractivity contribution >= 4 is 72.3 Å². The molecule has 0 aliphatic carbocycles. The number of nitro benzene ring substituents is 2. The van der Waals surface area contributed by atoms with Gasteiger partial charge in [0.2, 0.25) is 11.5 Å². The fourth-order valence-electron chi connectivity index (χ4n) is 1.49. The first-order valence-electron chi connectivity index (χ1n) is 6.90. The molecule has 0 heterocycles. The van der Waals surface area contributed by atoms with Crippen LogP contribution in [-0.2, 0) is 9.68 Å². The fourth-order valence-corrected chi connectivity index (χ4v) is 2.37. The van der Waals surface area contributed by atoms with Crippen LogP contribution in [0.4, 0.5) is 11.4 Å².